The Labute approximate surface area is 114 Å². The van der Waals surface area contributed by atoms with Crippen molar-refractivity contribution in [2.45, 2.75) is 44.9 Å². The monoisotopic (exact) mass is 267 g/mol. The lowest BCUT2D eigenvalue weighted by Crippen LogP contribution is -2.20. The number of aryl methyl sites for hydroxylation is 1. The van der Waals surface area contributed by atoms with E-state index in [1.165, 1.54) is 11.1 Å². The average Bonchev–Trinajstić information content (AvgIpc) is 2.37. The van der Waals surface area contributed by atoms with Crippen LogP contribution in [-0.4, -0.2) is 23.1 Å². The third-order valence-electron chi connectivity index (χ3n) is 3.33. The van der Waals surface area contributed by atoms with Crippen LogP contribution >= 0.6 is 0 Å². The molecule has 3 heteroatoms. The fourth-order valence-electron chi connectivity index (χ4n) is 1.88. The van der Waals surface area contributed by atoms with Crippen LogP contribution in [0.5, 0.6) is 0 Å². The van der Waals surface area contributed by atoms with Gasteiger partial charge in [-0.25, -0.2) is 0 Å². The van der Waals surface area contributed by atoms with E-state index in [2.05, 4.69) is 31.3 Å². The molecule has 0 fully saturated rings. The van der Waals surface area contributed by atoms with Crippen LogP contribution in [0, 0.1) is 6.92 Å². The Morgan fingerprint density at radius 1 is 1.28 bits per heavy atom. The van der Waals surface area contributed by atoms with Crippen molar-refractivity contribution in [1.29, 1.82) is 0 Å². The first kappa shape index (κ1) is 15.4. The summed E-state index contributed by atoms with van der Waals surface area (Å²) in [4.78, 5) is 0. The highest BCUT2D eigenvalue weighted by molar-refractivity contribution is 7.84. The molecule has 1 aromatic rings. The van der Waals surface area contributed by atoms with Gasteiger partial charge in [0.1, 0.15) is 0 Å². The number of unbranched alkanes of at least 4 members (excludes halogenated alkanes) is 1. The summed E-state index contributed by atoms with van der Waals surface area (Å²) in [5, 5.41) is 3.22. The van der Waals surface area contributed by atoms with Crippen LogP contribution in [0.15, 0.2) is 24.3 Å². The summed E-state index contributed by atoms with van der Waals surface area (Å²) < 4.78 is 12.0. The molecule has 18 heavy (non-hydrogen) atoms. The second-order valence-corrected chi connectivity index (χ2v) is 6.48. The minimum absolute atomic E-state index is 0.565. The molecule has 0 spiro atoms. The molecule has 0 saturated carbocycles. The SMILES string of the molecule is CNC(C)CCCCS(=O)Cc1ccccc1C. The number of benzene rings is 1. The lowest BCUT2D eigenvalue weighted by molar-refractivity contribution is 0.537. The molecule has 0 aliphatic rings. The zero-order valence-corrected chi connectivity index (χ0v) is 12.6. The highest BCUT2D eigenvalue weighted by Gasteiger charge is 2.04. The van der Waals surface area contributed by atoms with Gasteiger partial charge in [-0.1, -0.05) is 30.7 Å². The first-order valence-corrected chi connectivity index (χ1v) is 8.19. The zero-order valence-electron chi connectivity index (χ0n) is 11.7. The van der Waals surface area contributed by atoms with Gasteiger partial charge in [-0.3, -0.25) is 4.21 Å². The summed E-state index contributed by atoms with van der Waals surface area (Å²) >= 11 is 0. The maximum atomic E-state index is 12.0. The molecular weight excluding hydrogens is 242 g/mol. The molecule has 0 bridgehead atoms. The lowest BCUT2D eigenvalue weighted by atomic mass is 10.1. The molecule has 1 aromatic carbocycles. The highest BCUT2D eigenvalue weighted by Crippen LogP contribution is 2.11. The third-order valence-corrected chi connectivity index (χ3v) is 4.71. The van der Waals surface area contributed by atoms with Crippen LogP contribution in [0.4, 0.5) is 0 Å². The summed E-state index contributed by atoms with van der Waals surface area (Å²) in [7, 11) is 1.27. The van der Waals surface area contributed by atoms with E-state index in [4.69, 9.17) is 0 Å². The average molecular weight is 267 g/mol. The van der Waals surface area contributed by atoms with E-state index in [-0.39, 0.29) is 0 Å². The summed E-state index contributed by atoms with van der Waals surface area (Å²) in [6.07, 6.45) is 3.38. The molecule has 0 saturated heterocycles. The van der Waals surface area contributed by atoms with Gasteiger partial charge in [-0.05, 0) is 44.9 Å². The number of rotatable bonds is 8. The summed E-state index contributed by atoms with van der Waals surface area (Å²) in [5.74, 6) is 1.53. The van der Waals surface area contributed by atoms with Gasteiger partial charge in [0.05, 0.1) is 0 Å². The van der Waals surface area contributed by atoms with Gasteiger partial charge in [0.2, 0.25) is 0 Å². The van der Waals surface area contributed by atoms with Crippen molar-refractivity contribution in [2.75, 3.05) is 12.8 Å². The van der Waals surface area contributed by atoms with Crippen LogP contribution in [0.25, 0.3) is 0 Å². The van der Waals surface area contributed by atoms with Crippen molar-refractivity contribution >= 4 is 10.8 Å². The van der Waals surface area contributed by atoms with Gasteiger partial charge in [-0.15, -0.1) is 0 Å². The Balaban J connectivity index is 2.24. The van der Waals surface area contributed by atoms with Gasteiger partial charge in [0, 0.05) is 28.3 Å². The smallest absolute Gasteiger partial charge is 0.0488 e. The largest absolute Gasteiger partial charge is 0.317 e. The van der Waals surface area contributed by atoms with Gasteiger partial charge >= 0.3 is 0 Å². The van der Waals surface area contributed by atoms with Crippen molar-refractivity contribution in [3.05, 3.63) is 35.4 Å². The predicted molar refractivity (Wildman–Crippen MR) is 80.3 cm³/mol. The summed E-state index contributed by atoms with van der Waals surface area (Å²) in [6.45, 7) is 4.27. The molecule has 2 atom stereocenters. The molecule has 0 amide bonds. The predicted octanol–water partition coefficient (Wildman–Crippen LogP) is 3.02. The fourth-order valence-corrected chi connectivity index (χ4v) is 3.22. The van der Waals surface area contributed by atoms with Crippen molar-refractivity contribution < 1.29 is 4.21 Å². The van der Waals surface area contributed by atoms with Gasteiger partial charge in [0.25, 0.3) is 0 Å². The molecule has 1 N–H and O–H groups in total. The number of hydrogen-bond donors (Lipinski definition) is 1. The second-order valence-electron chi connectivity index (χ2n) is 4.90. The molecule has 2 nitrogen and oxygen atoms in total. The van der Waals surface area contributed by atoms with E-state index in [0.29, 0.717) is 11.8 Å². The second kappa shape index (κ2) is 8.44. The van der Waals surface area contributed by atoms with Crippen LogP contribution in [0.2, 0.25) is 0 Å². The van der Waals surface area contributed by atoms with Crippen molar-refractivity contribution in [1.82, 2.24) is 5.32 Å². The van der Waals surface area contributed by atoms with Crippen molar-refractivity contribution in [3.63, 3.8) is 0 Å². The Hall–Kier alpha value is -0.670. The van der Waals surface area contributed by atoms with Crippen LogP contribution in [0.1, 0.15) is 37.3 Å². The molecular formula is C15H25NOS. The van der Waals surface area contributed by atoms with E-state index < -0.39 is 10.8 Å². The van der Waals surface area contributed by atoms with Crippen LogP contribution in [-0.2, 0) is 16.6 Å². The number of hydrogen-bond acceptors (Lipinski definition) is 2. The minimum Gasteiger partial charge on any atom is -0.317 e. The van der Waals surface area contributed by atoms with E-state index in [9.17, 15) is 4.21 Å². The lowest BCUT2D eigenvalue weighted by Gasteiger charge is -2.09. The molecule has 102 valence electrons. The molecule has 1 rings (SSSR count). The maximum Gasteiger partial charge on any atom is 0.0488 e. The van der Waals surface area contributed by atoms with Crippen molar-refractivity contribution in [2.24, 2.45) is 0 Å². The third kappa shape index (κ3) is 5.78. The van der Waals surface area contributed by atoms with Crippen molar-refractivity contribution in [3.8, 4) is 0 Å². The Morgan fingerprint density at radius 3 is 2.67 bits per heavy atom. The Bertz CT molecular complexity index is 379. The maximum absolute atomic E-state index is 12.0. The standard InChI is InChI=1S/C15H25NOS/c1-13-8-4-5-10-15(13)12-18(17)11-7-6-9-14(2)16-3/h4-5,8,10,14,16H,6-7,9,11-12H2,1-3H3. The topological polar surface area (TPSA) is 29.1 Å². The number of nitrogens with one attached hydrogen (secondary N) is 1. The molecule has 0 aliphatic carbocycles. The molecule has 0 aliphatic heterocycles. The fraction of sp³-hybridized carbons (Fsp3) is 0.600. The van der Waals surface area contributed by atoms with E-state index in [0.717, 1.165) is 25.0 Å². The molecule has 0 heterocycles. The van der Waals surface area contributed by atoms with Gasteiger partial charge < -0.3 is 5.32 Å². The van der Waals surface area contributed by atoms with Gasteiger partial charge in [-0.2, -0.15) is 0 Å². The first-order valence-electron chi connectivity index (χ1n) is 6.70. The van der Waals surface area contributed by atoms with Gasteiger partial charge in [0.15, 0.2) is 0 Å². The molecule has 0 radical (unpaired) electrons. The summed E-state index contributed by atoms with van der Waals surface area (Å²) in [5.41, 5.74) is 2.47. The Kier molecular flexibility index (Phi) is 7.21. The normalized spacial score (nSPS) is 14.4. The first-order chi connectivity index (χ1) is 8.63. The zero-order chi connectivity index (χ0) is 13.4. The quantitative estimate of drug-likeness (QED) is 0.734. The van der Waals surface area contributed by atoms with E-state index in [1.807, 2.05) is 19.2 Å². The molecule has 2 unspecified atom stereocenters. The molecule has 0 aromatic heterocycles. The van der Waals surface area contributed by atoms with E-state index >= 15 is 0 Å². The summed E-state index contributed by atoms with van der Waals surface area (Å²) in [6, 6.07) is 8.78. The van der Waals surface area contributed by atoms with Crippen LogP contribution < -0.4 is 5.32 Å². The Morgan fingerprint density at radius 2 is 2.00 bits per heavy atom. The highest BCUT2D eigenvalue weighted by atomic mass is 32.2. The van der Waals surface area contributed by atoms with Crippen LogP contribution in [0.3, 0.4) is 0 Å². The minimum atomic E-state index is -0.718. The van der Waals surface area contributed by atoms with E-state index in [1.54, 1.807) is 0 Å².